The van der Waals surface area contributed by atoms with Crippen molar-refractivity contribution in [2.45, 2.75) is 58.5 Å². The van der Waals surface area contributed by atoms with E-state index in [9.17, 15) is 9.59 Å². The summed E-state index contributed by atoms with van der Waals surface area (Å²) in [6.45, 7) is 7.23. The van der Waals surface area contributed by atoms with E-state index in [4.69, 9.17) is 0 Å². The maximum Gasteiger partial charge on any atom is 0.294 e. The zero-order valence-corrected chi connectivity index (χ0v) is 16.2. The van der Waals surface area contributed by atoms with Crippen LogP contribution in [0.1, 0.15) is 66.0 Å². The molecule has 142 valence electrons. The van der Waals surface area contributed by atoms with Gasteiger partial charge < -0.3 is 14.8 Å². The quantitative estimate of drug-likeness (QED) is 0.889. The van der Waals surface area contributed by atoms with Gasteiger partial charge in [0.15, 0.2) is 0 Å². The van der Waals surface area contributed by atoms with Gasteiger partial charge in [-0.15, -0.1) is 0 Å². The van der Waals surface area contributed by atoms with E-state index in [1.165, 1.54) is 5.56 Å². The van der Waals surface area contributed by atoms with Crippen molar-refractivity contribution in [3.63, 3.8) is 0 Å². The van der Waals surface area contributed by atoms with Gasteiger partial charge in [-0.3, -0.25) is 9.59 Å². The number of benzene rings is 1. The summed E-state index contributed by atoms with van der Waals surface area (Å²) in [5.41, 5.74) is 3.08. The number of para-hydroxylation sites is 1. The SMILES string of the molecule is CC(C)(C)NC(=O)c1nc(C(=O)N2CCc3ccccc32)n2c1CCCC2. The molecule has 6 heteroatoms. The van der Waals surface area contributed by atoms with Gasteiger partial charge >= 0.3 is 0 Å². The van der Waals surface area contributed by atoms with Gasteiger partial charge in [-0.2, -0.15) is 0 Å². The van der Waals surface area contributed by atoms with Crippen LogP contribution in [0.2, 0.25) is 0 Å². The largest absolute Gasteiger partial charge is 0.346 e. The zero-order chi connectivity index (χ0) is 19.2. The number of carbonyl (C=O) groups excluding carboxylic acids is 2. The van der Waals surface area contributed by atoms with E-state index in [-0.39, 0.29) is 17.4 Å². The van der Waals surface area contributed by atoms with E-state index in [0.29, 0.717) is 18.1 Å². The number of hydrogen-bond acceptors (Lipinski definition) is 3. The van der Waals surface area contributed by atoms with E-state index < -0.39 is 0 Å². The van der Waals surface area contributed by atoms with Gasteiger partial charge in [-0.1, -0.05) is 18.2 Å². The first-order chi connectivity index (χ1) is 12.8. The van der Waals surface area contributed by atoms with Crippen LogP contribution in [0.5, 0.6) is 0 Å². The highest BCUT2D eigenvalue weighted by atomic mass is 16.2. The second-order valence-electron chi connectivity index (χ2n) is 8.38. The molecule has 1 aromatic heterocycles. The predicted octanol–water partition coefficient (Wildman–Crippen LogP) is 2.95. The molecule has 0 saturated carbocycles. The molecule has 0 atom stereocenters. The Morgan fingerprint density at radius 2 is 1.85 bits per heavy atom. The topological polar surface area (TPSA) is 67.2 Å². The minimum Gasteiger partial charge on any atom is -0.346 e. The summed E-state index contributed by atoms with van der Waals surface area (Å²) in [6, 6.07) is 7.99. The normalized spacial score (nSPS) is 16.0. The van der Waals surface area contributed by atoms with Crippen molar-refractivity contribution in [1.29, 1.82) is 0 Å². The van der Waals surface area contributed by atoms with Crippen molar-refractivity contribution >= 4 is 17.5 Å². The molecule has 3 heterocycles. The molecule has 2 aliphatic heterocycles. The van der Waals surface area contributed by atoms with Gasteiger partial charge in [0.05, 0.1) is 5.69 Å². The molecule has 0 aliphatic carbocycles. The Kier molecular flexibility index (Phi) is 4.29. The van der Waals surface area contributed by atoms with Crippen molar-refractivity contribution < 1.29 is 9.59 Å². The fourth-order valence-corrected chi connectivity index (χ4v) is 3.96. The summed E-state index contributed by atoms with van der Waals surface area (Å²) < 4.78 is 1.96. The van der Waals surface area contributed by atoms with Crippen LogP contribution in [0.4, 0.5) is 5.69 Å². The van der Waals surface area contributed by atoms with Crippen LogP contribution >= 0.6 is 0 Å². The number of anilines is 1. The molecule has 0 radical (unpaired) electrons. The summed E-state index contributed by atoms with van der Waals surface area (Å²) in [4.78, 5) is 32.4. The number of rotatable bonds is 2. The highest BCUT2D eigenvalue weighted by Gasteiger charge is 2.33. The Labute approximate surface area is 159 Å². The van der Waals surface area contributed by atoms with Crippen molar-refractivity contribution in [3.8, 4) is 0 Å². The van der Waals surface area contributed by atoms with Gasteiger partial charge in [0, 0.05) is 24.3 Å². The van der Waals surface area contributed by atoms with Crippen molar-refractivity contribution in [2.75, 3.05) is 11.4 Å². The van der Waals surface area contributed by atoms with Gasteiger partial charge in [0.2, 0.25) is 5.82 Å². The van der Waals surface area contributed by atoms with Crippen molar-refractivity contribution in [2.24, 2.45) is 0 Å². The number of aromatic nitrogens is 2. The lowest BCUT2D eigenvalue weighted by Gasteiger charge is -2.21. The van der Waals surface area contributed by atoms with Gasteiger partial charge in [0.1, 0.15) is 5.69 Å². The summed E-state index contributed by atoms with van der Waals surface area (Å²) in [7, 11) is 0. The highest BCUT2D eigenvalue weighted by Crippen LogP contribution is 2.30. The number of carbonyl (C=O) groups is 2. The molecule has 2 aromatic rings. The molecular weight excluding hydrogens is 340 g/mol. The molecular formula is C21H26N4O2. The number of hydrogen-bond donors (Lipinski definition) is 1. The van der Waals surface area contributed by atoms with Crippen LogP contribution in [0.15, 0.2) is 24.3 Å². The maximum absolute atomic E-state index is 13.3. The third-order valence-electron chi connectivity index (χ3n) is 5.15. The minimum atomic E-state index is -0.347. The lowest BCUT2D eigenvalue weighted by Crippen LogP contribution is -2.41. The minimum absolute atomic E-state index is 0.113. The molecule has 4 rings (SSSR count). The molecule has 0 unspecified atom stereocenters. The second kappa shape index (κ2) is 6.51. The number of amides is 2. The maximum atomic E-state index is 13.3. The lowest BCUT2D eigenvalue weighted by molar-refractivity contribution is 0.0913. The fourth-order valence-electron chi connectivity index (χ4n) is 3.96. The molecule has 1 aromatic carbocycles. The van der Waals surface area contributed by atoms with Gasteiger partial charge in [-0.05, 0) is 58.1 Å². The second-order valence-corrected chi connectivity index (χ2v) is 8.38. The third-order valence-corrected chi connectivity index (χ3v) is 5.15. The van der Waals surface area contributed by atoms with Gasteiger partial charge in [-0.25, -0.2) is 4.98 Å². The molecule has 0 saturated heterocycles. The molecule has 2 aliphatic rings. The fraction of sp³-hybridized carbons (Fsp3) is 0.476. The number of fused-ring (bicyclic) bond motifs is 2. The summed E-state index contributed by atoms with van der Waals surface area (Å²) in [6.07, 6.45) is 3.65. The standard InChI is InChI=1S/C21H26N4O2/c1-21(2,3)23-19(26)17-16-10-6-7-12-24(16)18(22-17)20(27)25-13-11-14-8-4-5-9-15(14)25/h4-5,8-9H,6-7,10-13H2,1-3H3,(H,23,26). The Morgan fingerprint density at radius 3 is 2.63 bits per heavy atom. The van der Waals surface area contributed by atoms with Crippen molar-refractivity contribution in [3.05, 3.63) is 47.0 Å². The van der Waals surface area contributed by atoms with E-state index in [2.05, 4.69) is 16.4 Å². The van der Waals surface area contributed by atoms with Gasteiger partial charge in [0.25, 0.3) is 11.8 Å². The smallest absolute Gasteiger partial charge is 0.294 e. The average molecular weight is 366 g/mol. The highest BCUT2D eigenvalue weighted by molar-refractivity contribution is 6.06. The Hall–Kier alpha value is -2.63. The van der Waals surface area contributed by atoms with Crippen LogP contribution in [0.3, 0.4) is 0 Å². The Balaban J connectivity index is 1.71. The van der Waals surface area contributed by atoms with Crippen LogP contribution in [0.25, 0.3) is 0 Å². The molecule has 6 nitrogen and oxygen atoms in total. The first-order valence-electron chi connectivity index (χ1n) is 9.67. The lowest BCUT2D eigenvalue weighted by atomic mass is 10.1. The molecule has 1 N–H and O–H groups in total. The van der Waals surface area contributed by atoms with Crippen LogP contribution in [-0.2, 0) is 19.4 Å². The van der Waals surface area contributed by atoms with E-state index in [1.807, 2.05) is 43.5 Å². The average Bonchev–Trinajstić information content (AvgIpc) is 3.22. The Bertz CT molecular complexity index is 907. The number of nitrogens with zero attached hydrogens (tertiary/aromatic N) is 3. The Morgan fingerprint density at radius 1 is 1.07 bits per heavy atom. The monoisotopic (exact) mass is 366 g/mol. The molecule has 0 bridgehead atoms. The van der Waals surface area contributed by atoms with Crippen LogP contribution < -0.4 is 10.2 Å². The van der Waals surface area contributed by atoms with E-state index in [0.717, 1.165) is 43.6 Å². The number of nitrogens with one attached hydrogen (secondary N) is 1. The van der Waals surface area contributed by atoms with E-state index in [1.54, 1.807) is 4.90 Å². The zero-order valence-electron chi connectivity index (χ0n) is 16.2. The summed E-state index contributed by atoms with van der Waals surface area (Å²) in [5, 5.41) is 2.98. The molecule has 2 amide bonds. The molecule has 0 fully saturated rings. The molecule has 27 heavy (non-hydrogen) atoms. The molecule has 0 spiro atoms. The number of imidazole rings is 1. The summed E-state index contributed by atoms with van der Waals surface area (Å²) in [5.74, 6) is 0.0763. The first kappa shape index (κ1) is 17.8. The third kappa shape index (κ3) is 3.24. The summed E-state index contributed by atoms with van der Waals surface area (Å²) >= 11 is 0. The van der Waals surface area contributed by atoms with Crippen LogP contribution in [0, 0.1) is 0 Å². The predicted molar refractivity (Wildman–Crippen MR) is 104 cm³/mol. The van der Waals surface area contributed by atoms with Crippen LogP contribution in [-0.4, -0.2) is 33.4 Å². The first-order valence-corrected chi connectivity index (χ1v) is 9.67. The van der Waals surface area contributed by atoms with Crippen molar-refractivity contribution in [1.82, 2.24) is 14.9 Å². The van der Waals surface area contributed by atoms with E-state index >= 15 is 0 Å².